The number of ketones is 2. The maximum absolute atomic E-state index is 10.7. The van der Waals surface area contributed by atoms with Gasteiger partial charge in [-0.3, -0.25) is 9.59 Å². The van der Waals surface area contributed by atoms with Gasteiger partial charge in [-0.05, 0) is 26.0 Å². The molecule has 0 aliphatic heterocycles. The summed E-state index contributed by atoms with van der Waals surface area (Å²) < 4.78 is 0.998. The van der Waals surface area contributed by atoms with Crippen molar-refractivity contribution in [1.82, 2.24) is 0 Å². The molecule has 0 aliphatic carbocycles. The Morgan fingerprint density at radius 2 is 1.16 bits per heavy atom. The van der Waals surface area contributed by atoms with E-state index in [-0.39, 0.29) is 11.6 Å². The maximum atomic E-state index is 10.7. The second kappa shape index (κ2) is 7.64. The third kappa shape index (κ3) is 5.62. The van der Waals surface area contributed by atoms with E-state index < -0.39 is 0 Å². The fourth-order valence-electron chi connectivity index (χ4n) is 1.36. The van der Waals surface area contributed by atoms with Gasteiger partial charge in [-0.1, -0.05) is 58.4 Å². The number of benzene rings is 2. The summed E-state index contributed by atoms with van der Waals surface area (Å²) in [6, 6.07) is 16.5. The molecule has 0 unspecified atom stereocenters. The van der Waals surface area contributed by atoms with Crippen molar-refractivity contribution in [3.05, 3.63) is 70.2 Å². The fraction of sp³-hybridized carbons (Fsp3) is 0.125. The lowest BCUT2D eigenvalue weighted by Gasteiger charge is -1.92. The quantitative estimate of drug-likeness (QED) is 0.762. The van der Waals surface area contributed by atoms with Crippen LogP contribution in [0.15, 0.2) is 59.1 Å². The highest BCUT2D eigenvalue weighted by Crippen LogP contribution is 2.10. The lowest BCUT2D eigenvalue weighted by atomic mass is 10.2. The second-order valence-electron chi connectivity index (χ2n) is 3.99. The third-order valence-electron chi connectivity index (χ3n) is 2.43. The smallest absolute Gasteiger partial charge is 0.159 e. The van der Waals surface area contributed by atoms with E-state index in [1.54, 1.807) is 26.0 Å². The zero-order valence-corrected chi connectivity index (χ0v) is 12.5. The zero-order valence-electron chi connectivity index (χ0n) is 10.9. The number of hydrogen-bond donors (Lipinski definition) is 0. The Labute approximate surface area is 121 Å². The van der Waals surface area contributed by atoms with Crippen molar-refractivity contribution in [3.8, 4) is 0 Å². The molecule has 0 bridgehead atoms. The van der Waals surface area contributed by atoms with Gasteiger partial charge in [0.1, 0.15) is 0 Å². The molecular formula is C16H15BrO2. The van der Waals surface area contributed by atoms with Gasteiger partial charge in [0.15, 0.2) is 11.6 Å². The van der Waals surface area contributed by atoms with Crippen molar-refractivity contribution in [1.29, 1.82) is 0 Å². The van der Waals surface area contributed by atoms with Crippen molar-refractivity contribution in [3.63, 3.8) is 0 Å². The molecule has 2 rings (SSSR count). The minimum absolute atomic E-state index is 0.104. The Morgan fingerprint density at radius 3 is 1.53 bits per heavy atom. The number of Topliss-reactive ketones (excluding diaryl/α,β-unsaturated/α-hetero) is 2. The zero-order chi connectivity index (χ0) is 14.3. The van der Waals surface area contributed by atoms with Crippen molar-refractivity contribution >= 4 is 27.5 Å². The summed E-state index contributed by atoms with van der Waals surface area (Å²) in [6.07, 6.45) is 0. The van der Waals surface area contributed by atoms with Crippen molar-refractivity contribution in [2.24, 2.45) is 0 Å². The molecule has 0 aromatic heterocycles. The first-order valence-corrected chi connectivity index (χ1v) is 6.62. The number of halogens is 1. The van der Waals surface area contributed by atoms with E-state index in [0.717, 1.165) is 15.6 Å². The third-order valence-corrected chi connectivity index (χ3v) is 2.96. The van der Waals surface area contributed by atoms with E-state index >= 15 is 0 Å². The van der Waals surface area contributed by atoms with Gasteiger partial charge < -0.3 is 0 Å². The van der Waals surface area contributed by atoms with E-state index in [1.165, 1.54) is 0 Å². The number of carbonyl (C=O) groups is 2. The molecule has 0 amide bonds. The molecule has 0 atom stereocenters. The van der Waals surface area contributed by atoms with Gasteiger partial charge in [-0.2, -0.15) is 0 Å². The average Bonchev–Trinajstić information content (AvgIpc) is 2.41. The van der Waals surface area contributed by atoms with Crippen LogP contribution in [-0.4, -0.2) is 11.6 Å². The molecule has 2 aromatic rings. The van der Waals surface area contributed by atoms with E-state index in [1.807, 2.05) is 42.5 Å². The summed E-state index contributed by atoms with van der Waals surface area (Å²) in [5.41, 5.74) is 1.53. The van der Waals surface area contributed by atoms with Crippen LogP contribution in [0.4, 0.5) is 0 Å². The van der Waals surface area contributed by atoms with Crippen LogP contribution in [0.3, 0.4) is 0 Å². The molecule has 0 N–H and O–H groups in total. The van der Waals surface area contributed by atoms with Crippen LogP contribution in [0.5, 0.6) is 0 Å². The Hall–Kier alpha value is -1.74. The second-order valence-corrected chi connectivity index (χ2v) is 4.90. The predicted molar refractivity (Wildman–Crippen MR) is 80.6 cm³/mol. The topological polar surface area (TPSA) is 34.1 Å². The fourth-order valence-corrected chi connectivity index (χ4v) is 1.62. The van der Waals surface area contributed by atoms with Crippen molar-refractivity contribution in [2.75, 3.05) is 0 Å². The Morgan fingerprint density at radius 1 is 0.737 bits per heavy atom. The van der Waals surface area contributed by atoms with Gasteiger partial charge in [0, 0.05) is 15.6 Å². The number of hydrogen-bond acceptors (Lipinski definition) is 2. The number of rotatable bonds is 2. The molecule has 0 spiro atoms. The lowest BCUT2D eigenvalue weighted by molar-refractivity contribution is 0.100. The molecule has 2 nitrogen and oxygen atoms in total. The normalized spacial score (nSPS) is 9.21. The first-order chi connectivity index (χ1) is 9.00. The maximum Gasteiger partial charge on any atom is 0.159 e. The standard InChI is InChI=1S/C8H7BrO.C8H8O/c1-6(10)7-2-4-8(9)5-3-7;1-7(9)8-5-3-2-4-6-8/h2-5H,1H3;2-6H,1H3. The summed E-state index contributed by atoms with van der Waals surface area (Å²) in [6.45, 7) is 3.12. The van der Waals surface area contributed by atoms with Gasteiger partial charge in [0.05, 0.1) is 0 Å². The van der Waals surface area contributed by atoms with Crippen LogP contribution < -0.4 is 0 Å². The van der Waals surface area contributed by atoms with Crippen LogP contribution in [0.2, 0.25) is 0 Å². The lowest BCUT2D eigenvalue weighted by Crippen LogP contribution is -1.89. The van der Waals surface area contributed by atoms with E-state index in [2.05, 4.69) is 15.9 Å². The molecule has 0 aliphatic rings. The van der Waals surface area contributed by atoms with Gasteiger partial charge >= 0.3 is 0 Å². The highest BCUT2D eigenvalue weighted by Gasteiger charge is 1.95. The van der Waals surface area contributed by atoms with Crippen molar-refractivity contribution < 1.29 is 9.59 Å². The molecule has 19 heavy (non-hydrogen) atoms. The first kappa shape index (κ1) is 15.3. The van der Waals surface area contributed by atoms with E-state index in [4.69, 9.17) is 0 Å². The van der Waals surface area contributed by atoms with Crippen LogP contribution >= 0.6 is 15.9 Å². The van der Waals surface area contributed by atoms with E-state index in [0.29, 0.717) is 0 Å². The minimum Gasteiger partial charge on any atom is -0.295 e. The largest absolute Gasteiger partial charge is 0.295 e. The van der Waals surface area contributed by atoms with Gasteiger partial charge in [0.25, 0.3) is 0 Å². The van der Waals surface area contributed by atoms with Crippen LogP contribution in [-0.2, 0) is 0 Å². The van der Waals surface area contributed by atoms with Crippen LogP contribution in [0.1, 0.15) is 34.6 Å². The highest BCUT2D eigenvalue weighted by molar-refractivity contribution is 9.10. The Kier molecular flexibility index (Phi) is 6.16. The number of carbonyl (C=O) groups excluding carboxylic acids is 2. The highest BCUT2D eigenvalue weighted by atomic mass is 79.9. The predicted octanol–water partition coefficient (Wildman–Crippen LogP) is 4.54. The molecule has 0 saturated carbocycles. The SMILES string of the molecule is CC(=O)c1ccc(Br)cc1.CC(=O)c1ccccc1. The Balaban J connectivity index is 0.000000191. The van der Waals surface area contributed by atoms with Gasteiger partial charge in [0.2, 0.25) is 0 Å². The minimum atomic E-state index is 0.104. The summed E-state index contributed by atoms with van der Waals surface area (Å²) in [4.78, 5) is 21.4. The van der Waals surface area contributed by atoms with Gasteiger partial charge in [-0.25, -0.2) is 0 Å². The van der Waals surface area contributed by atoms with Gasteiger partial charge in [-0.15, -0.1) is 0 Å². The van der Waals surface area contributed by atoms with Crippen LogP contribution in [0, 0.1) is 0 Å². The molecule has 0 fully saturated rings. The van der Waals surface area contributed by atoms with E-state index in [9.17, 15) is 9.59 Å². The molecule has 0 radical (unpaired) electrons. The molecule has 3 heteroatoms. The summed E-state index contributed by atoms with van der Waals surface area (Å²) in [5.74, 6) is 0.225. The van der Waals surface area contributed by atoms with Crippen LogP contribution in [0.25, 0.3) is 0 Å². The summed E-state index contributed by atoms with van der Waals surface area (Å²) >= 11 is 3.28. The monoisotopic (exact) mass is 318 g/mol. The molecule has 0 saturated heterocycles. The Bertz CT molecular complexity index is 545. The molecular weight excluding hydrogens is 304 g/mol. The summed E-state index contributed by atoms with van der Waals surface area (Å²) in [5, 5.41) is 0. The molecule has 0 heterocycles. The molecule has 98 valence electrons. The average molecular weight is 319 g/mol. The molecule has 2 aromatic carbocycles. The first-order valence-electron chi connectivity index (χ1n) is 5.83. The van der Waals surface area contributed by atoms with Crippen molar-refractivity contribution in [2.45, 2.75) is 13.8 Å². The summed E-state index contributed by atoms with van der Waals surface area (Å²) in [7, 11) is 0.